The molecule has 0 saturated carbocycles. The Bertz CT molecular complexity index is 608. The third kappa shape index (κ3) is 4.37. The van der Waals surface area contributed by atoms with Gasteiger partial charge >= 0.3 is 5.97 Å². The van der Waals surface area contributed by atoms with E-state index < -0.39 is 5.97 Å². The van der Waals surface area contributed by atoms with Crippen LogP contribution in [-0.2, 0) is 11.2 Å². The first kappa shape index (κ1) is 15.7. The normalized spacial score (nSPS) is 11.9. The van der Waals surface area contributed by atoms with Crippen molar-refractivity contribution in [2.45, 2.75) is 26.3 Å². The highest BCUT2D eigenvalue weighted by Gasteiger charge is 2.17. The number of amides is 1. The number of nitrogens with zero attached hydrogens (tertiary/aromatic N) is 1. The predicted octanol–water partition coefficient (Wildman–Crippen LogP) is 2.74. The highest BCUT2D eigenvalue weighted by atomic mass is 32.1. The van der Waals surface area contributed by atoms with Crippen molar-refractivity contribution in [1.82, 2.24) is 10.3 Å². The van der Waals surface area contributed by atoms with E-state index in [0.29, 0.717) is 0 Å². The molecule has 2 aromatic rings. The van der Waals surface area contributed by atoms with Crippen LogP contribution in [0.15, 0.2) is 22.9 Å². The second kappa shape index (κ2) is 7.33. The van der Waals surface area contributed by atoms with Gasteiger partial charge in [-0.25, -0.2) is 9.78 Å². The molecule has 0 radical (unpaired) electrons. The molecule has 1 unspecified atom stereocenters. The maximum atomic E-state index is 12.1. The van der Waals surface area contributed by atoms with Crippen molar-refractivity contribution in [3.63, 3.8) is 0 Å². The SMILES string of the molecule is CCOC(=O)c1nc(C(=O)NC(C)Cc2cccs2)cs1. The number of thiazole rings is 1. The van der Waals surface area contributed by atoms with E-state index in [9.17, 15) is 9.59 Å². The molecular weight excluding hydrogens is 308 g/mol. The summed E-state index contributed by atoms with van der Waals surface area (Å²) >= 11 is 2.78. The van der Waals surface area contributed by atoms with Gasteiger partial charge in [0.15, 0.2) is 0 Å². The Morgan fingerprint density at radius 1 is 1.43 bits per heavy atom. The molecule has 0 fully saturated rings. The summed E-state index contributed by atoms with van der Waals surface area (Å²) in [7, 11) is 0. The van der Waals surface area contributed by atoms with E-state index >= 15 is 0 Å². The lowest BCUT2D eigenvalue weighted by molar-refractivity contribution is 0.0526. The summed E-state index contributed by atoms with van der Waals surface area (Å²) in [6.45, 7) is 3.96. The number of ether oxygens (including phenoxy) is 1. The third-order valence-corrected chi connectivity index (χ3v) is 4.37. The minimum atomic E-state index is -0.492. The van der Waals surface area contributed by atoms with Gasteiger partial charge in [0.2, 0.25) is 5.01 Å². The number of aromatic nitrogens is 1. The molecule has 2 aromatic heterocycles. The van der Waals surface area contributed by atoms with Crippen molar-refractivity contribution >= 4 is 34.6 Å². The second-order valence-electron chi connectivity index (χ2n) is 4.42. The van der Waals surface area contributed by atoms with E-state index in [0.717, 1.165) is 17.8 Å². The third-order valence-electron chi connectivity index (χ3n) is 2.65. The van der Waals surface area contributed by atoms with Crippen LogP contribution in [-0.4, -0.2) is 29.5 Å². The second-order valence-corrected chi connectivity index (χ2v) is 6.31. The number of hydrogen-bond donors (Lipinski definition) is 1. The Kier molecular flexibility index (Phi) is 5.46. The molecule has 0 aliphatic carbocycles. The molecule has 2 heterocycles. The van der Waals surface area contributed by atoms with Crippen LogP contribution in [0.1, 0.15) is 39.0 Å². The number of rotatable bonds is 6. The Labute approximate surface area is 131 Å². The molecule has 112 valence electrons. The molecule has 0 bridgehead atoms. The van der Waals surface area contributed by atoms with Crippen LogP contribution >= 0.6 is 22.7 Å². The van der Waals surface area contributed by atoms with Gasteiger partial charge in [-0.3, -0.25) is 4.79 Å². The van der Waals surface area contributed by atoms with E-state index in [1.165, 1.54) is 4.88 Å². The molecule has 5 nitrogen and oxygen atoms in total. The zero-order valence-corrected chi connectivity index (χ0v) is 13.4. The Morgan fingerprint density at radius 2 is 2.24 bits per heavy atom. The maximum Gasteiger partial charge on any atom is 0.367 e. The summed E-state index contributed by atoms with van der Waals surface area (Å²) in [5.74, 6) is -0.765. The van der Waals surface area contributed by atoms with Crippen molar-refractivity contribution in [2.75, 3.05) is 6.61 Å². The molecule has 0 aliphatic heterocycles. The predicted molar refractivity (Wildman–Crippen MR) is 83.0 cm³/mol. The molecule has 1 atom stereocenters. The van der Waals surface area contributed by atoms with Crippen LogP contribution in [0.2, 0.25) is 0 Å². The van der Waals surface area contributed by atoms with Gasteiger partial charge < -0.3 is 10.1 Å². The van der Waals surface area contributed by atoms with Crippen LogP contribution in [0.25, 0.3) is 0 Å². The smallest absolute Gasteiger partial charge is 0.367 e. The Hall–Kier alpha value is -1.73. The molecule has 0 aromatic carbocycles. The van der Waals surface area contributed by atoms with Gasteiger partial charge in [-0.2, -0.15) is 0 Å². The number of esters is 1. The van der Waals surface area contributed by atoms with Crippen LogP contribution in [0.5, 0.6) is 0 Å². The van der Waals surface area contributed by atoms with Gasteiger partial charge in [-0.1, -0.05) is 6.07 Å². The summed E-state index contributed by atoms with van der Waals surface area (Å²) < 4.78 is 4.85. The summed E-state index contributed by atoms with van der Waals surface area (Å²) in [5, 5.41) is 6.66. The number of hydrogen-bond acceptors (Lipinski definition) is 6. The van der Waals surface area contributed by atoms with E-state index in [-0.39, 0.29) is 29.3 Å². The molecule has 7 heteroatoms. The lowest BCUT2D eigenvalue weighted by Crippen LogP contribution is -2.34. The lowest BCUT2D eigenvalue weighted by atomic mass is 10.2. The molecule has 1 N–H and O–H groups in total. The van der Waals surface area contributed by atoms with Crippen molar-refractivity contribution in [1.29, 1.82) is 0 Å². The fourth-order valence-corrected chi connectivity index (χ4v) is 3.27. The number of nitrogens with one attached hydrogen (secondary N) is 1. The number of carbonyl (C=O) groups is 2. The molecule has 1 amide bonds. The highest BCUT2D eigenvalue weighted by Crippen LogP contribution is 2.13. The molecule has 0 aliphatic rings. The molecule has 0 spiro atoms. The summed E-state index contributed by atoms with van der Waals surface area (Å²) in [4.78, 5) is 28.8. The molecular formula is C14H16N2O3S2. The van der Waals surface area contributed by atoms with E-state index in [1.54, 1.807) is 23.6 Å². The maximum absolute atomic E-state index is 12.1. The lowest BCUT2D eigenvalue weighted by Gasteiger charge is -2.11. The first-order chi connectivity index (χ1) is 10.1. The summed E-state index contributed by atoms with van der Waals surface area (Å²) in [6.07, 6.45) is 0.776. The van der Waals surface area contributed by atoms with Gasteiger partial charge in [-0.15, -0.1) is 22.7 Å². The average Bonchev–Trinajstić information content (AvgIpc) is 3.09. The fourth-order valence-electron chi connectivity index (χ4n) is 1.74. The van der Waals surface area contributed by atoms with Gasteiger partial charge in [0, 0.05) is 22.7 Å². The Morgan fingerprint density at radius 3 is 2.90 bits per heavy atom. The van der Waals surface area contributed by atoms with Crippen molar-refractivity contribution in [2.24, 2.45) is 0 Å². The molecule has 2 rings (SSSR count). The monoisotopic (exact) mass is 324 g/mol. The van der Waals surface area contributed by atoms with E-state index in [2.05, 4.69) is 10.3 Å². The highest BCUT2D eigenvalue weighted by molar-refractivity contribution is 7.11. The van der Waals surface area contributed by atoms with E-state index in [4.69, 9.17) is 4.74 Å². The van der Waals surface area contributed by atoms with E-state index in [1.807, 2.05) is 24.4 Å². The van der Waals surface area contributed by atoms with Crippen molar-refractivity contribution in [3.05, 3.63) is 38.5 Å². The topological polar surface area (TPSA) is 68.3 Å². The van der Waals surface area contributed by atoms with Gasteiger partial charge in [0.05, 0.1) is 6.61 Å². The average molecular weight is 324 g/mol. The minimum absolute atomic E-state index is 0.00360. The standard InChI is InChI=1S/C14H16N2O3S2/c1-3-19-14(18)13-16-11(8-21-13)12(17)15-9(2)7-10-5-4-6-20-10/h4-6,8-9H,3,7H2,1-2H3,(H,15,17). The van der Waals surface area contributed by atoms with Gasteiger partial charge in [0.25, 0.3) is 5.91 Å². The summed E-state index contributed by atoms with van der Waals surface area (Å²) in [5.41, 5.74) is 0.251. The molecule has 0 saturated heterocycles. The van der Waals surface area contributed by atoms with Crippen LogP contribution in [0, 0.1) is 0 Å². The van der Waals surface area contributed by atoms with Gasteiger partial charge in [0.1, 0.15) is 5.69 Å². The number of thiophene rings is 1. The number of carbonyl (C=O) groups excluding carboxylic acids is 2. The molecule has 21 heavy (non-hydrogen) atoms. The Balaban J connectivity index is 1.92. The summed E-state index contributed by atoms with van der Waals surface area (Å²) in [6, 6.07) is 4.03. The first-order valence-electron chi connectivity index (χ1n) is 6.56. The minimum Gasteiger partial charge on any atom is -0.461 e. The largest absolute Gasteiger partial charge is 0.461 e. The van der Waals surface area contributed by atoms with Crippen molar-refractivity contribution < 1.29 is 14.3 Å². The van der Waals surface area contributed by atoms with Crippen LogP contribution in [0.3, 0.4) is 0 Å². The zero-order valence-electron chi connectivity index (χ0n) is 11.8. The zero-order chi connectivity index (χ0) is 15.2. The van der Waals surface area contributed by atoms with Gasteiger partial charge in [-0.05, 0) is 25.3 Å². The first-order valence-corrected chi connectivity index (χ1v) is 8.32. The quantitative estimate of drug-likeness (QED) is 0.830. The van der Waals surface area contributed by atoms with Crippen molar-refractivity contribution in [3.8, 4) is 0 Å². The van der Waals surface area contributed by atoms with Crippen LogP contribution in [0.4, 0.5) is 0 Å². The fraction of sp³-hybridized carbons (Fsp3) is 0.357. The van der Waals surface area contributed by atoms with Crippen LogP contribution < -0.4 is 5.32 Å².